The van der Waals surface area contributed by atoms with Crippen LogP contribution in [0.4, 0.5) is 5.69 Å². The number of rotatable bonds is 4. The molecular weight excluding hydrogens is 342 g/mol. The van der Waals surface area contributed by atoms with Gasteiger partial charge in [-0.1, -0.05) is 29.8 Å². The van der Waals surface area contributed by atoms with Crippen LogP contribution in [0.1, 0.15) is 32.1 Å². The molecule has 1 aromatic heterocycles. The van der Waals surface area contributed by atoms with Gasteiger partial charge in [0.25, 0.3) is 5.91 Å². The second-order valence-corrected chi connectivity index (χ2v) is 6.32. The van der Waals surface area contributed by atoms with Crippen LogP contribution in [0.2, 0.25) is 0 Å². The van der Waals surface area contributed by atoms with Crippen molar-refractivity contribution in [3.05, 3.63) is 77.4 Å². The van der Waals surface area contributed by atoms with Crippen molar-refractivity contribution < 1.29 is 14.7 Å². The van der Waals surface area contributed by atoms with Crippen molar-refractivity contribution in [2.75, 3.05) is 11.9 Å². The van der Waals surface area contributed by atoms with Crippen molar-refractivity contribution in [3.8, 4) is 11.1 Å². The van der Waals surface area contributed by atoms with Crippen molar-refractivity contribution in [1.29, 1.82) is 0 Å². The Morgan fingerprint density at radius 3 is 2.07 bits per heavy atom. The van der Waals surface area contributed by atoms with Crippen LogP contribution in [0, 0.1) is 13.8 Å². The molecule has 0 bridgehead atoms. The van der Waals surface area contributed by atoms with E-state index >= 15 is 0 Å². The summed E-state index contributed by atoms with van der Waals surface area (Å²) in [5.74, 6) is -0.813. The minimum absolute atomic E-state index is 0.0602. The number of nitrogens with zero attached hydrogens (tertiary/aromatic N) is 3. The van der Waals surface area contributed by atoms with Gasteiger partial charge in [-0.25, -0.2) is 14.8 Å². The summed E-state index contributed by atoms with van der Waals surface area (Å²) < 4.78 is 0. The van der Waals surface area contributed by atoms with Crippen LogP contribution in [-0.2, 0) is 0 Å². The van der Waals surface area contributed by atoms with Gasteiger partial charge in [-0.2, -0.15) is 0 Å². The zero-order valence-electron chi connectivity index (χ0n) is 15.3. The number of aromatic carboxylic acids is 1. The molecule has 2 aromatic carbocycles. The van der Waals surface area contributed by atoms with Crippen molar-refractivity contribution in [3.63, 3.8) is 0 Å². The molecule has 1 N–H and O–H groups in total. The lowest BCUT2D eigenvalue weighted by Crippen LogP contribution is -2.26. The Labute approximate surface area is 157 Å². The number of aromatic nitrogens is 2. The van der Waals surface area contributed by atoms with E-state index in [9.17, 15) is 14.7 Å². The number of amides is 1. The number of carbonyl (C=O) groups excluding carboxylic acids is 1. The van der Waals surface area contributed by atoms with E-state index in [1.54, 1.807) is 38.5 Å². The Bertz CT molecular complexity index is 996. The van der Waals surface area contributed by atoms with Gasteiger partial charge in [0.1, 0.15) is 5.82 Å². The Balaban J connectivity index is 2.03. The fourth-order valence-electron chi connectivity index (χ4n) is 2.66. The smallest absolute Gasteiger partial charge is 0.335 e. The first-order chi connectivity index (χ1) is 12.8. The molecule has 6 nitrogen and oxygen atoms in total. The van der Waals surface area contributed by atoms with Crippen LogP contribution in [0.15, 0.2) is 54.9 Å². The van der Waals surface area contributed by atoms with Crippen molar-refractivity contribution in [2.45, 2.75) is 13.8 Å². The van der Waals surface area contributed by atoms with Gasteiger partial charge in [-0.3, -0.25) is 4.79 Å². The molecule has 0 aliphatic rings. The molecule has 0 saturated heterocycles. The zero-order valence-corrected chi connectivity index (χ0v) is 15.3. The summed E-state index contributed by atoms with van der Waals surface area (Å²) in [6.45, 7) is 3.74. The molecule has 1 amide bonds. The number of hydrogen-bond donors (Lipinski definition) is 1. The lowest BCUT2D eigenvalue weighted by molar-refractivity contribution is 0.0697. The summed E-state index contributed by atoms with van der Waals surface area (Å²) >= 11 is 0. The van der Waals surface area contributed by atoms with E-state index in [0.29, 0.717) is 17.1 Å². The summed E-state index contributed by atoms with van der Waals surface area (Å²) in [5.41, 5.74) is 3.50. The number of carboxylic acids is 1. The molecule has 0 aliphatic carbocycles. The van der Waals surface area contributed by atoms with Crippen molar-refractivity contribution >= 4 is 17.6 Å². The van der Waals surface area contributed by atoms with Gasteiger partial charge < -0.3 is 10.0 Å². The topological polar surface area (TPSA) is 83.4 Å². The van der Waals surface area contributed by atoms with Gasteiger partial charge in [0, 0.05) is 12.6 Å². The van der Waals surface area contributed by atoms with Crippen LogP contribution in [0.3, 0.4) is 0 Å². The lowest BCUT2D eigenvalue weighted by atomic mass is 9.98. The summed E-state index contributed by atoms with van der Waals surface area (Å²) in [4.78, 5) is 34.1. The second-order valence-electron chi connectivity index (χ2n) is 6.32. The molecule has 6 heteroatoms. The van der Waals surface area contributed by atoms with Gasteiger partial charge in [0.15, 0.2) is 0 Å². The molecule has 0 radical (unpaired) electrons. The van der Waals surface area contributed by atoms with Crippen molar-refractivity contribution in [1.82, 2.24) is 9.97 Å². The molecule has 0 fully saturated rings. The Morgan fingerprint density at radius 1 is 0.889 bits per heavy atom. The average Bonchev–Trinajstić information content (AvgIpc) is 2.67. The summed E-state index contributed by atoms with van der Waals surface area (Å²) in [7, 11) is 1.61. The predicted molar refractivity (Wildman–Crippen MR) is 103 cm³/mol. The van der Waals surface area contributed by atoms with Gasteiger partial charge >= 0.3 is 5.97 Å². The number of hydrogen-bond acceptors (Lipinski definition) is 4. The monoisotopic (exact) mass is 361 g/mol. The number of aryl methyl sites for hydroxylation is 2. The van der Waals surface area contributed by atoms with Gasteiger partial charge in [-0.05, 0) is 43.2 Å². The molecule has 3 aromatic rings. The average molecular weight is 361 g/mol. The maximum atomic E-state index is 12.9. The maximum absolute atomic E-state index is 12.9. The highest BCUT2D eigenvalue weighted by molar-refractivity contribution is 6.07. The molecule has 0 aliphatic heterocycles. The Hall–Kier alpha value is -3.54. The van der Waals surface area contributed by atoms with E-state index in [4.69, 9.17) is 0 Å². The van der Waals surface area contributed by atoms with Gasteiger partial charge in [0.2, 0.25) is 0 Å². The maximum Gasteiger partial charge on any atom is 0.335 e. The van der Waals surface area contributed by atoms with Crippen LogP contribution in [-0.4, -0.2) is 34.0 Å². The Morgan fingerprint density at radius 2 is 1.48 bits per heavy atom. The highest BCUT2D eigenvalue weighted by Gasteiger charge is 2.18. The number of benzene rings is 2. The molecular formula is C21H19N3O3. The fraction of sp³-hybridized carbons (Fsp3) is 0.143. The second kappa shape index (κ2) is 7.37. The molecule has 27 heavy (non-hydrogen) atoms. The Kier molecular flexibility index (Phi) is 4.98. The number of anilines is 1. The first-order valence-corrected chi connectivity index (χ1v) is 8.37. The normalized spacial score (nSPS) is 10.5. The first-order valence-electron chi connectivity index (χ1n) is 8.37. The molecule has 0 saturated carbocycles. The molecule has 136 valence electrons. The van der Waals surface area contributed by atoms with Crippen LogP contribution < -0.4 is 4.90 Å². The molecule has 0 unspecified atom stereocenters. The number of carboxylic acid groups (broad SMARTS) is 1. The van der Waals surface area contributed by atoms with E-state index in [0.717, 1.165) is 11.1 Å². The zero-order chi connectivity index (χ0) is 19.6. The third-order valence-electron chi connectivity index (χ3n) is 4.27. The molecule has 1 heterocycles. The SMILES string of the molecule is Cc1ccc(-c2cc(C(=O)O)cc(C(=O)N(C)c3cnc(C)nc3)c2)cc1. The molecule has 0 atom stereocenters. The quantitative estimate of drug-likeness (QED) is 0.765. The van der Waals surface area contributed by atoms with Crippen molar-refractivity contribution in [2.24, 2.45) is 0 Å². The molecule has 3 rings (SSSR count). The summed E-state index contributed by atoms with van der Waals surface area (Å²) in [6.07, 6.45) is 3.12. The van der Waals surface area contributed by atoms with E-state index in [1.165, 1.54) is 11.0 Å². The third kappa shape index (κ3) is 4.00. The van der Waals surface area contributed by atoms with E-state index < -0.39 is 5.97 Å². The minimum Gasteiger partial charge on any atom is -0.478 e. The van der Waals surface area contributed by atoms with Crippen LogP contribution >= 0.6 is 0 Å². The van der Waals surface area contributed by atoms with E-state index in [2.05, 4.69) is 9.97 Å². The van der Waals surface area contributed by atoms with Gasteiger partial charge in [0.05, 0.1) is 23.6 Å². The highest BCUT2D eigenvalue weighted by Crippen LogP contribution is 2.25. The summed E-state index contributed by atoms with van der Waals surface area (Å²) in [6, 6.07) is 12.3. The van der Waals surface area contributed by atoms with E-state index in [1.807, 2.05) is 31.2 Å². The van der Waals surface area contributed by atoms with Crippen LogP contribution in [0.5, 0.6) is 0 Å². The summed E-state index contributed by atoms with van der Waals surface area (Å²) in [5, 5.41) is 9.45. The lowest BCUT2D eigenvalue weighted by Gasteiger charge is -2.17. The first kappa shape index (κ1) is 18.3. The largest absolute Gasteiger partial charge is 0.478 e. The van der Waals surface area contributed by atoms with Gasteiger partial charge in [-0.15, -0.1) is 0 Å². The standard InChI is InChI=1S/C21H19N3O3/c1-13-4-6-15(7-5-13)16-8-17(10-18(9-16)21(26)27)20(25)24(3)19-11-22-14(2)23-12-19/h4-12H,1-3H3,(H,26,27). The van der Waals surface area contributed by atoms with Crippen LogP contribution in [0.25, 0.3) is 11.1 Å². The minimum atomic E-state index is -1.08. The fourth-order valence-corrected chi connectivity index (χ4v) is 2.66. The van der Waals surface area contributed by atoms with E-state index in [-0.39, 0.29) is 17.0 Å². The third-order valence-corrected chi connectivity index (χ3v) is 4.27. The highest BCUT2D eigenvalue weighted by atomic mass is 16.4. The molecule has 0 spiro atoms. The number of carbonyl (C=O) groups is 2. The predicted octanol–water partition coefficient (Wildman–Crippen LogP) is 3.74.